The second kappa shape index (κ2) is 8.32. The van der Waals surface area contributed by atoms with Gasteiger partial charge in [-0.05, 0) is 49.1 Å². The fraction of sp³-hybridized carbons (Fsp3) is 0.292. The van der Waals surface area contributed by atoms with Crippen molar-refractivity contribution in [2.45, 2.75) is 43.3 Å². The van der Waals surface area contributed by atoms with Crippen molar-refractivity contribution in [3.8, 4) is 0 Å². The molecule has 0 aliphatic carbocycles. The minimum atomic E-state index is -0.378. The van der Waals surface area contributed by atoms with Crippen molar-refractivity contribution in [3.63, 3.8) is 0 Å². The van der Waals surface area contributed by atoms with Crippen LogP contribution in [0.1, 0.15) is 24.0 Å². The highest BCUT2D eigenvalue weighted by Gasteiger charge is 2.20. The summed E-state index contributed by atoms with van der Waals surface area (Å²) in [4.78, 5) is 30.1. The van der Waals surface area contributed by atoms with Crippen molar-refractivity contribution in [2.24, 2.45) is 0 Å². The van der Waals surface area contributed by atoms with E-state index in [2.05, 4.69) is 0 Å². The normalized spacial score (nSPS) is 16.4. The van der Waals surface area contributed by atoms with Crippen LogP contribution in [0.25, 0.3) is 21.9 Å². The zero-order valence-electron chi connectivity index (χ0n) is 17.2. The van der Waals surface area contributed by atoms with Crippen molar-refractivity contribution < 1.29 is 9.15 Å². The van der Waals surface area contributed by atoms with Crippen molar-refractivity contribution in [1.29, 1.82) is 0 Å². The van der Waals surface area contributed by atoms with Gasteiger partial charge in [-0.25, -0.2) is 9.78 Å². The average molecular weight is 435 g/mol. The summed E-state index contributed by atoms with van der Waals surface area (Å²) in [7, 11) is 0. The molecule has 31 heavy (non-hydrogen) atoms. The van der Waals surface area contributed by atoms with Crippen molar-refractivity contribution in [2.75, 3.05) is 6.61 Å². The maximum absolute atomic E-state index is 13.2. The summed E-state index contributed by atoms with van der Waals surface area (Å²) >= 11 is 1.46. The molecule has 0 saturated carbocycles. The molecule has 2 aromatic carbocycles. The number of para-hydroxylation sites is 1. The van der Waals surface area contributed by atoms with E-state index >= 15 is 0 Å². The van der Waals surface area contributed by atoms with Crippen molar-refractivity contribution in [1.82, 2.24) is 9.55 Å². The summed E-state index contributed by atoms with van der Waals surface area (Å²) in [6, 6.07) is 14.8. The average Bonchev–Trinajstić information content (AvgIpc) is 3.27. The maximum Gasteiger partial charge on any atom is 0.336 e. The van der Waals surface area contributed by atoms with E-state index in [-0.39, 0.29) is 17.3 Å². The van der Waals surface area contributed by atoms with E-state index in [1.54, 1.807) is 4.57 Å². The number of thioether (sulfide) groups is 1. The van der Waals surface area contributed by atoms with Crippen LogP contribution < -0.4 is 11.2 Å². The van der Waals surface area contributed by atoms with Gasteiger partial charge in [0.1, 0.15) is 5.58 Å². The van der Waals surface area contributed by atoms with Crippen LogP contribution >= 0.6 is 11.8 Å². The minimum Gasteiger partial charge on any atom is -0.423 e. The molecule has 1 saturated heterocycles. The molecule has 1 fully saturated rings. The third-order valence-electron chi connectivity index (χ3n) is 5.58. The van der Waals surface area contributed by atoms with Gasteiger partial charge in [-0.3, -0.25) is 9.36 Å². The molecule has 2 aromatic heterocycles. The number of aromatic nitrogens is 2. The molecular formula is C24H22N2O4S. The Morgan fingerprint density at radius 3 is 2.84 bits per heavy atom. The highest BCUT2D eigenvalue weighted by atomic mass is 32.2. The van der Waals surface area contributed by atoms with Crippen LogP contribution in [-0.4, -0.2) is 22.3 Å². The highest BCUT2D eigenvalue weighted by molar-refractivity contribution is 7.98. The van der Waals surface area contributed by atoms with Crippen LogP contribution in [-0.2, 0) is 17.0 Å². The lowest BCUT2D eigenvalue weighted by atomic mass is 10.1. The minimum absolute atomic E-state index is 0.0209. The van der Waals surface area contributed by atoms with E-state index in [1.807, 2.05) is 49.4 Å². The molecule has 4 aromatic rings. The standard InChI is InChI=1S/C24H22N2O4S/c1-15-8-9-18-16(12-22(27)30-21(18)11-15)14-31-24-25-20-7-3-2-6-19(20)23(28)26(24)13-17-5-4-10-29-17/h2-3,6-9,11-12,17H,4-5,10,13-14H2,1H3/t17-/m1/s1. The van der Waals surface area contributed by atoms with E-state index in [0.717, 1.165) is 36.0 Å². The topological polar surface area (TPSA) is 74.3 Å². The Kier molecular flexibility index (Phi) is 5.38. The monoisotopic (exact) mass is 434 g/mol. The SMILES string of the molecule is Cc1ccc2c(CSc3nc4ccccc4c(=O)n3C[C@H]3CCCO3)cc(=O)oc2c1. The predicted molar refractivity (Wildman–Crippen MR) is 122 cm³/mol. The number of benzene rings is 2. The Morgan fingerprint density at radius 2 is 2.00 bits per heavy atom. The molecule has 0 unspecified atom stereocenters. The van der Waals surface area contributed by atoms with E-state index in [9.17, 15) is 9.59 Å². The summed E-state index contributed by atoms with van der Waals surface area (Å²) in [5, 5.41) is 2.13. The fourth-order valence-corrected chi connectivity index (χ4v) is 5.01. The molecular weight excluding hydrogens is 412 g/mol. The van der Waals surface area contributed by atoms with Crippen LogP contribution in [0.2, 0.25) is 0 Å². The summed E-state index contributed by atoms with van der Waals surface area (Å²) in [5.74, 6) is 0.501. The first-order valence-corrected chi connectivity index (χ1v) is 11.3. The summed E-state index contributed by atoms with van der Waals surface area (Å²) in [6.45, 7) is 3.17. The summed E-state index contributed by atoms with van der Waals surface area (Å²) in [6.07, 6.45) is 1.97. The van der Waals surface area contributed by atoms with Gasteiger partial charge in [0.05, 0.1) is 23.6 Å². The van der Waals surface area contributed by atoms with Gasteiger partial charge in [0.15, 0.2) is 5.16 Å². The molecule has 6 nitrogen and oxygen atoms in total. The van der Waals surface area contributed by atoms with Gasteiger partial charge in [0.25, 0.3) is 5.56 Å². The quantitative estimate of drug-likeness (QED) is 0.265. The first-order chi connectivity index (χ1) is 15.1. The number of rotatable bonds is 5. The number of fused-ring (bicyclic) bond motifs is 2. The molecule has 1 aliphatic heterocycles. The largest absolute Gasteiger partial charge is 0.423 e. The Balaban J connectivity index is 1.55. The van der Waals surface area contributed by atoms with Crippen LogP contribution in [0, 0.1) is 6.92 Å². The smallest absolute Gasteiger partial charge is 0.336 e. The van der Waals surface area contributed by atoms with Gasteiger partial charge < -0.3 is 9.15 Å². The fourth-order valence-electron chi connectivity index (χ4n) is 4.01. The second-order valence-corrected chi connectivity index (χ2v) is 8.78. The molecule has 1 aliphatic rings. The van der Waals surface area contributed by atoms with Crippen molar-refractivity contribution >= 4 is 33.6 Å². The van der Waals surface area contributed by atoms with E-state index in [0.29, 0.717) is 33.9 Å². The van der Waals surface area contributed by atoms with Crippen LogP contribution in [0.5, 0.6) is 0 Å². The second-order valence-electron chi connectivity index (χ2n) is 7.84. The molecule has 0 spiro atoms. The van der Waals surface area contributed by atoms with Crippen LogP contribution in [0.15, 0.2) is 67.7 Å². The molecule has 0 radical (unpaired) electrons. The first kappa shape index (κ1) is 20.0. The molecule has 0 amide bonds. The molecule has 3 heterocycles. The lowest BCUT2D eigenvalue weighted by molar-refractivity contribution is 0.0937. The third-order valence-corrected chi connectivity index (χ3v) is 6.60. The van der Waals surface area contributed by atoms with Gasteiger partial charge in [0, 0.05) is 23.8 Å². The Bertz CT molecular complexity index is 1390. The van der Waals surface area contributed by atoms with E-state index in [4.69, 9.17) is 14.1 Å². The van der Waals surface area contributed by atoms with Crippen LogP contribution in [0.4, 0.5) is 0 Å². The lowest BCUT2D eigenvalue weighted by Crippen LogP contribution is -2.28. The molecule has 158 valence electrons. The van der Waals surface area contributed by atoms with Gasteiger partial charge >= 0.3 is 5.63 Å². The zero-order chi connectivity index (χ0) is 21.4. The van der Waals surface area contributed by atoms with Crippen LogP contribution in [0.3, 0.4) is 0 Å². The molecule has 7 heteroatoms. The molecule has 5 rings (SSSR count). The van der Waals surface area contributed by atoms with Gasteiger partial charge in [0.2, 0.25) is 0 Å². The number of hydrogen-bond acceptors (Lipinski definition) is 6. The Morgan fingerprint density at radius 1 is 1.13 bits per heavy atom. The molecule has 0 N–H and O–H groups in total. The third kappa shape index (κ3) is 4.03. The predicted octanol–water partition coefficient (Wildman–Crippen LogP) is 4.28. The lowest BCUT2D eigenvalue weighted by Gasteiger charge is -2.16. The van der Waals surface area contributed by atoms with E-state index in [1.165, 1.54) is 17.8 Å². The Labute approximate surface area is 182 Å². The summed E-state index contributed by atoms with van der Waals surface area (Å²) < 4.78 is 12.9. The van der Waals surface area contributed by atoms with Crippen molar-refractivity contribution in [3.05, 3.63) is 80.4 Å². The van der Waals surface area contributed by atoms with Gasteiger partial charge in [-0.2, -0.15) is 0 Å². The summed E-state index contributed by atoms with van der Waals surface area (Å²) in [5.41, 5.74) is 2.70. The van der Waals surface area contributed by atoms with Gasteiger partial charge in [-0.1, -0.05) is 36.0 Å². The Hall–Kier alpha value is -2.90. The molecule has 1 atom stereocenters. The number of nitrogens with zero attached hydrogens (tertiary/aromatic N) is 2. The number of hydrogen-bond donors (Lipinski definition) is 0. The number of ether oxygens (including phenoxy) is 1. The maximum atomic E-state index is 13.2. The highest BCUT2D eigenvalue weighted by Crippen LogP contribution is 2.27. The van der Waals surface area contributed by atoms with Gasteiger partial charge in [-0.15, -0.1) is 0 Å². The van der Waals surface area contributed by atoms with E-state index < -0.39 is 0 Å². The zero-order valence-corrected chi connectivity index (χ0v) is 18.0. The first-order valence-electron chi connectivity index (χ1n) is 10.4. The molecule has 0 bridgehead atoms. The number of aryl methyl sites for hydroxylation is 1.